The Kier molecular flexibility index (Phi) is 4.41. The molecule has 0 bridgehead atoms. The normalized spacial score (nSPS) is 15.6. The molecule has 1 aliphatic heterocycles. The predicted octanol–water partition coefficient (Wildman–Crippen LogP) is 5.10. The molecule has 1 aliphatic rings. The number of rotatable bonds is 2. The van der Waals surface area contributed by atoms with E-state index in [1.807, 2.05) is 37.4 Å². The third-order valence-electron chi connectivity index (χ3n) is 5.14. The molecule has 0 saturated carbocycles. The van der Waals surface area contributed by atoms with E-state index in [2.05, 4.69) is 18.9 Å². The average molecular weight is 395 g/mol. The van der Waals surface area contributed by atoms with Crippen LogP contribution in [-0.4, -0.2) is 27.9 Å². The third kappa shape index (κ3) is 3.59. The highest BCUT2D eigenvalue weighted by atomic mass is 19.1. The molecule has 5 nitrogen and oxygen atoms in total. The minimum absolute atomic E-state index is 0.255. The van der Waals surface area contributed by atoms with Crippen LogP contribution in [0, 0.1) is 5.82 Å². The summed E-state index contributed by atoms with van der Waals surface area (Å²) in [4.78, 5) is 14.6. The number of nitrogens with zero attached hydrogens (tertiary/aromatic N) is 3. The molecule has 1 aromatic carbocycles. The zero-order valence-corrected chi connectivity index (χ0v) is 17.5. The van der Waals surface area contributed by atoms with Crippen LogP contribution < -0.4 is 4.90 Å². The van der Waals surface area contributed by atoms with Crippen molar-refractivity contribution in [1.29, 1.82) is 0 Å². The van der Waals surface area contributed by atoms with E-state index in [1.165, 1.54) is 12.1 Å². The van der Waals surface area contributed by atoms with Crippen molar-refractivity contribution < 1.29 is 13.9 Å². The van der Waals surface area contributed by atoms with Crippen LogP contribution in [-0.2, 0) is 16.6 Å². The van der Waals surface area contributed by atoms with Gasteiger partial charge in [-0.15, -0.1) is 0 Å². The molecule has 0 unspecified atom stereocenters. The van der Waals surface area contributed by atoms with Gasteiger partial charge in [-0.2, -0.15) is 5.10 Å². The molecule has 3 aromatic rings. The Hall–Kier alpha value is -2.89. The number of fused-ring (bicyclic) bond motifs is 3. The number of ether oxygens (including phenoxy) is 1. The molecule has 0 saturated heterocycles. The van der Waals surface area contributed by atoms with Crippen molar-refractivity contribution in [2.75, 3.05) is 11.4 Å². The molecule has 6 heteroatoms. The van der Waals surface area contributed by atoms with Crippen LogP contribution in [0.4, 0.5) is 14.9 Å². The first kappa shape index (κ1) is 19.4. The average Bonchev–Trinajstić information content (AvgIpc) is 3.18. The van der Waals surface area contributed by atoms with Crippen LogP contribution in [0.3, 0.4) is 0 Å². The highest BCUT2D eigenvalue weighted by Crippen LogP contribution is 2.42. The second kappa shape index (κ2) is 6.58. The summed E-state index contributed by atoms with van der Waals surface area (Å²) in [6.07, 6.45) is 2.03. The van der Waals surface area contributed by atoms with E-state index in [4.69, 9.17) is 4.74 Å². The van der Waals surface area contributed by atoms with Crippen molar-refractivity contribution in [3.63, 3.8) is 0 Å². The standard InChI is InChI=1S/C23H26FN3O2/c1-22(2,3)29-21(28)26-14-23(4,5)20-19(26)13-16(18-10-11-25-27(18)20)12-15-6-8-17(24)9-7-15/h6-11,13H,12,14H2,1-5H3. The second-order valence-corrected chi connectivity index (χ2v) is 9.29. The minimum atomic E-state index is -0.573. The van der Waals surface area contributed by atoms with E-state index in [0.29, 0.717) is 13.0 Å². The summed E-state index contributed by atoms with van der Waals surface area (Å²) in [5.74, 6) is -0.255. The molecule has 0 radical (unpaired) electrons. The van der Waals surface area contributed by atoms with Gasteiger partial charge in [0.1, 0.15) is 11.4 Å². The number of hydrogen-bond acceptors (Lipinski definition) is 3. The topological polar surface area (TPSA) is 46.8 Å². The van der Waals surface area contributed by atoms with Crippen LogP contribution in [0.1, 0.15) is 51.4 Å². The van der Waals surface area contributed by atoms with Gasteiger partial charge in [0.2, 0.25) is 0 Å². The summed E-state index contributed by atoms with van der Waals surface area (Å²) in [6.45, 7) is 10.3. The molecule has 1 amide bonds. The lowest BCUT2D eigenvalue weighted by atomic mass is 9.90. The van der Waals surface area contributed by atoms with Gasteiger partial charge in [0, 0.05) is 12.0 Å². The van der Waals surface area contributed by atoms with E-state index in [9.17, 15) is 9.18 Å². The predicted molar refractivity (Wildman–Crippen MR) is 111 cm³/mol. The number of pyridine rings is 1. The van der Waals surface area contributed by atoms with Gasteiger partial charge in [-0.3, -0.25) is 4.90 Å². The molecular formula is C23H26FN3O2. The van der Waals surface area contributed by atoms with Gasteiger partial charge in [0.15, 0.2) is 0 Å². The molecule has 0 spiro atoms. The zero-order valence-electron chi connectivity index (χ0n) is 17.5. The third-order valence-corrected chi connectivity index (χ3v) is 5.14. The van der Waals surface area contributed by atoms with Gasteiger partial charge in [-0.1, -0.05) is 26.0 Å². The summed E-state index contributed by atoms with van der Waals surface area (Å²) >= 11 is 0. The summed E-state index contributed by atoms with van der Waals surface area (Å²) in [5.41, 5.74) is 3.98. The maximum atomic E-state index is 13.3. The summed E-state index contributed by atoms with van der Waals surface area (Å²) in [7, 11) is 0. The number of aromatic nitrogens is 2. The molecule has 0 aliphatic carbocycles. The minimum Gasteiger partial charge on any atom is -0.443 e. The number of hydrogen-bond donors (Lipinski definition) is 0. The van der Waals surface area contributed by atoms with Gasteiger partial charge < -0.3 is 4.74 Å². The zero-order chi connectivity index (χ0) is 21.0. The Morgan fingerprint density at radius 1 is 1.21 bits per heavy atom. The maximum absolute atomic E-state index is 13.3. The Bertz CT molecular complexity index is 1080. The SMILES string of the molecule is CC(C)(C)OC(=O)N1CC(C)(C)c2c1cc(Cc1ccc(F)cc1)c1ccnn21. The fourth-order valence-electron chi connectivity index (χ4n) is 3.98. The van der Waals surface area contributed by atoms with Crippen molar-refractivity contribution >= 4 is 17.3 Å². The first-order chi connectivity index (χ1) is 13.5. The molecule has 29 heavy (non-hydrogen) atoms. The van der Waals surface area contributed by atoms with Crippen molar-refractivity contribution in [1.82, 2.24) is 9.61 Å². The quantitative estimate of drug-likeness (QED) is 0.607. The van der Waals surface area contributed by atoms with Crippen molar-refractivity contribution in [2.45, 2.75) is 52.1 Å². The van der Waals surface area contributed by atoms with E-state index >= 15 is 0 Å². The van der Waals surface area contributed by atoms with E-state index < -0.39 is 5.60 Å². The van der Waals surface area contributed by atoms with Crippen LogP contribution in [0.5, 0.6) is 0 Å². The maximum Gasteiger partial charge on any atom is 0.414 e. The first-order valence-corrected chi connectivity index (χ1v) is 9.80. The molecule has 3 heterocycles. The van der Waals surface area contributed by atoms with Crippen molar-refractivity contribution in [2.24, 2.45) is 0 Å². The van der Waals surface area contributed by atoms with E-state index in [1.54, 1.807) is 23.2 Å². The lowest BCUT2D eigenvalue weighted by Crippen LogP contribution is -2.38. The van der Waals surface area contributed by atoms with Crippen LogP contribution in [0.2, 0.25) is 0 Å². The number of anilines is 1. The second-order valence-electron chi connectivity index (χ2n) is 9.29. The number of carbonyl (C=O) groups excluding carboxylic acids is 1. The van der Waals surface area contributed by atoms with Gasteiger partial charge in [0.05, 0.1) is 23.1 Å². The van der Waals surface area contributed by atoms with E-state index in [0.717, 1.165) is 28.0 Å². The molecule has 0 N–H and O–H groups in total. The monoisotopic (exact) mass is 395 g/mol. The Morgan fingerprint density at radius 2 is 1.90 bits per heavy atom. The molecule has 0 fully saturated rings. The lowest BCUT2D eigenvalue weighted by Gasteiger charge is -2.25. The fraction of sp³-hybridized carbons (Fsp3) is 0.391. The van der Waals surface area contributed by atoms with Crippen LogP contribution in [0.15, 0.2) is 42.6 Å². The van der Waals surface area contributed by atoms with Crippen LogP contribution >= 0.6 is 0 Å². The van der Waals surface area contributed by atoms with Gasteiger partial charge in [-0.05, 0) is 62.6 Å². The number of amides is 1. The Balaban J connectivity index is 1.82. The number of carbonyl (C=O) groups is 1. The summed E-state index contributed by atoms with van der Waals surface area (Å²) < 4.78 is 20.9. The van der Waals surface area contributed by atoms with Gasteiger partial charge >= 0.3 is 6.09 Å². The summed E-state index contributed by atoms with van der Waals surface area (Å²) in [6, 6.07) is 10.5. The molecule has 2 aromatic heterocycles. The Labute approximate surface area is 170 Å². The number of halogens is 1. The van der Waals surface area contributed by atoms with Crippen molar-refractivity contribution in [3.8, 4) is 0 Å². The fourth-order valence-corrected chi connectivity index (χ4v) is 3.98. The largest absolute Gasteiger partial charge is 0.443 e. The highest BCUT2D eigenvalue weighted by Gasteiger charge is 2.42. The van der Waals surface area contributed by atoms with E-state index in [-0.39, 0.29) is 17.3 Å². The van der Waals surface area contributed by atoms with Crippen molar-refractivity contribution in [3.05, 3.63) is 65.2 Å². The van der Waals surface area contributed by atoms with Gasteiger partial charge in [0.25, 0.3) is 0 Å². The molecule has 0 atom stereocenters. The molecule has 152 valence electrons. The van der Waals surface area contributed by atoms with Gasteiger partial charge in [-0.25, -0.2) is 13.7 Å². The smallest absolute Gasteiger partial charge is 0.414 e. The molecule has 4 rings (SSSR count). The highest BCUT2D eigenvalue weighted by molar-refractivity contribution is 5.92. The Morgan fingerprint density at radius 3 is 2.55 bits per heavy atom. The van der Waals surface area contributed by atoms with Crippen LogP contribution in [0.25, 0.3) is 5.52 Å². The number of benzene rings is 1. The summed E-state index contributed by atoms with van der Waals surface area (Å²) in [5, 5.41) is 4.55. The molecular weight excluding hydrogens is 369 g/mol. The lowest BCUT2D eigenvalue weighted by molar-refractivity contribution is 0.0579. The first-order valence-electron chi connectivity index (χ1n) is 9.80.